The van der Waals surface area contributed by atoms with Crippen molar-refractivity contribution in [2.24, 2.45) is 0 Å². The monoisotopic (exact) mass is 214 g/mol. The SMILES string of the molecule is CC(C)Nc1cccnc1Br. The molecule has 0 amide bonds. The lowest BCUT2D eigenvalue weighted by atomic mass is 10.3. The van der Waals surface area contributed by atoms with Crippen molar-refractivity contribution in [2.45, 2.75) is 19.9 Å². The maximum absolute atomic E-state index is 4.09. The normalized spacial score (nSPS) is 10.2. The first kappa shape index (κ1) is 8.53. The molecule has 0 unspecified atom stereocenters. The van der Waals surface area contributed by atoms with Gasteiger partial charge in [-0.1, -0.05) is 0 Å². The van der Waals surface area contributed by atoms with E-state index in [4.69, 9.17) is 0 Å². The highest BCUT2D eigenvalue weighted by Gasteiger charge is 1.99. The van der Waals surface area contributed by atoms with E-state index in [2.05, 4.69) is 40.1 Å². The minimum Gasteiger partial charge on any atom is -0.381 e. The van der Waals surface area contributed by atoms with Gasteiger partial charge in [0.1, 0.15) is 4.60 Å². The van der Waals surface area contributed by atoms with E-state index in [0.29, 0.717) is 6.04 Å². The Morgan fingerprint density at radius 3 is 2.82 bits per heavy atom. The molecule has 0 bridgehead atoms. The first-order valence-corrected chi connectivity index (χ1v) is 4.36. The van der Waals surface area contributed by atoms with Crippen LogP contribution < -0.4 is 5.32 Å². The quantitative estimate of drug-likeness (QED) is 0.767. The number of nitrogens with zero attached hydrogens (tertiary/aromatic N) is 1. The molecule has 0 fully saturated rings. The van der Waals surface area contributed by atoms with Gasteiger partial charge in [-0.05, 0) is 41.9 Å². The number of pyridine rings is 1. The first-order valence-electron chi connectivity index (χ1n) is 3.57. The standard InChI is InChI=1S/C8H11BrN2/c1-6(2)11-7-4-3-5-10-8(7)9/h3-6,11H,1-2H3. The molecule has 2 nitrogen and oxygen atoms in total. The van der Waals surface area contributed by atoms with Crippen molar-refractivity contribution in [3.63, 3.8) is 0 Å². The van der Waals surface area contributed by atoms with Crippen molar-refractivity contribution in [1.29, 1.82) is 0 Å². The Balaban J connectivity index is 2.78. The van der Waals surface area contributed by atoms with Crippen molar-refractivity contribution in [3.8, 4) is 0 Å². The van der Waals surface area contributed by atoms with Gasteiger partial charge in [0.15, 0.2) is 0 Å². The molecule has 11 heavy (non-hydrogen) atoms. The largest absolute Gasteiger partial charge is 0.381 e. The molecular weight excluding hydrogens is 204 g/mol. The summed E-state index contributed by atoms with van der Waals surface area (Å²) in [5.41, 5.74) is 1.04. The fourth-order valence-corrected chi connectivity index (χ4v) is 1.17. The fraction of sp³-hybridized carbons (Fsp3) is 0.375. The molecule has 1 rings (SSSR count). The van der Waals surface area contributed by atoms with Crippen molar-refractivity contribution in [2.75, 3.05) is 5.32 Å². The van der Waals surface area contributed by atoms with Crippen molar-refractivity contribution in [3.05, 3.63) is 22.9 Å². The lowest BCUT2D eigenvalue weighted by Crippen LogP contribution is -2.10. The van der Waals surface area contributed by atoms with Gasteiger partial charge in [-0.2, -0.15) is 0 Å². The van der Waals surface area contributed by atoms with Gasteiger partial charge < -0.3 is 5.32 Å². The van der Waals surface area contributed by atoms with Gasteiger partial charge in [0.25, 0.3) is 0 Å². The van der Waals surface area contributed by atoms with Gasteiger partial charge in [-0.25, -0.2) is 4.98 Å². The van der Waals surface area contributed by atoms with Crippen LogP contribution in [0.4, 0.5) is 5.69 Å². The van der Waals surface area contributed by atoms with Gasteiger partial charge in [-0.3, -0.25) is 0 Å². The smallest absolute Gasteiger partial charge is 0.129 e. The zero-order chi connectivity index (χ0) is 8.27. The third kappa shape index (κ3) is 2.50. The lowest BCUT2D eigenvalue weighted by Gasteiger charge is -2.09. The van der Waals surface area contributed by atoms with Crippen molar-refractivity contribution in [1.82, 2.24) is 4.98 Å². The summed E-state index contributed by atoms with van der Waals surface area (Å²) in [5, 5.41) is 3.26. The number of nitrogens with one attached hydrogen (secondary N) is 1. The first-order chi connectivity index (χ1) is 5.20. The molecule has 0 aliphatic rings. The number of halogens is 1. The van der Waals surface area contributed by atoms with Gasteiger partial charge in [-0.15, -0.1) is 0 Å². The maximum atomic E-state index is 4.09. The molecule has 0 aromatic carbocycles. The van der Waals surface area contributed by atoms with E-state index >= 15 is 0 Å². The molecule has 3 heteroatoms. The molecule has 1 aromatic heterocycles. The van der Waals surface area contributed by atoms with Crippen LogP contribution in [0.1, 0.15) is 13.8 Å². The fourth-order valence-electron chi connectivity index (χ4n) is 0.805. The van der Waals surface area contributed by atoms with E-state index < -0.39 is 0 Å². The van der Waals surface area contributed by atoms with Gasteiger partial charge in [0, 0.05) is 12.2 Å². The van der Waals surface area contributed by atoms with Gasteiger partial charge in [0.2, 0.25) is 0 Å². The lowest BCUT2D eigenvalue weighted by molar-refractivity contribution is 0.895. The minimum absolute atomic E-state index is 0.440. The van der Waals surface area contributed by atoms with Crippen LogP contribution >= 0.6 is 15.9 Å². The second-order valence-corrected chi connectivity index (χ2v) is 3.39. The van der Waals surface area contributed by atoms with Crippen LogP contribution in [-0.2, 0) is 0 Å². The molecule has 0 saturated heterocycles. The number of aromatic nitrogens is 1. The Morgan fingerprint density at radius 2 is 2.27 bits per heavy atom. The predicted molar refractivity (Wildman–Crippen MR) is 50.7 cm³/mol. The Hall–Kier alpha value is -0.570. The Kier molecular flexibility index (Phi) is 2.88. The Bertz CT molecular complexity index is 235. The zero-order valence-electron chi connectivity index (χ0n) is 6.63. The third-order valence-corrected chi connectivity index (χ3v) is 1.84. The molecule has 0 aliphatic heterocycles. The average molecular weight is 215 g/mol. The summed E-state index contributed by atoms with van der Waals surface area (Å²) in [6.07, 6.45) is 1.76. The summed E-state index contributed by atoms with van der Waals surface area (Å²) < 4.78 is 0.869. The molecular formula is C8H11BrN2. The van der Waals surface area contributed by atoms with E-state index in [0.717, 1.165) is 10.3 Å². The second-order valence-electron chi connectivity index (χ2n) is 2.64. The van der Waals surface area contributed by atoms with E-state index in [1.54, 1.807) is 6.20 Å². The molecule has 1 aromatic rings. The summed E-state index contributed by atoms with van der Waals surface area (Å²) in [6.45, 7) is 4.19. The van der Waals surface area contributed by atoms with Gasteiger partial charge >= 0.3 is 0 Å². The van der Waals surface area contributed by atoms with Crippen molar-refractivity contribution >= 4 is 21.6 Å². The number of anilines is 1. The van der Waals surface area contributed by atoms with E-state index in [1.807, 2.05) is 12.1 Å². The van der Waals surface area contributed by atoms with E-state index in [9.17, 15) is 0 Å². The highest BCUT2D eigenvalue weighted by atomic mass is 79.9. The number of hydrogen-bond donors (Lipinski definition) is 1. The molecule has 1 N–H and O–H groups in total. The molecule has 0 saturated carbocycles. The van der Waals surface area contributed by atoms with E-state index in [1.165, 1.54) is 0 Å². The Morgan fingerprint density at radius 1 is 1.55 bits per heavy atom. The number of hydrogen-bond acceptors (Lipinski definition) is 2. The molecule has 1 heterocycles. The van der Waals surface area contributed by atoms with Crippen LogP contribution in [0, 0.1) is 0 Å². The number of rotatable bonds is 2. The molecule has 0 spiro atoms. The summed E-state index contributed by atoms with van der Waals surface area (Å²) >= 11 is 3.35. The highest BCUT2D eigenvalue weighted by molar-refractivity contribution is 9.10. The van der Waals surface area contributed by atoms with Crippen molar-refractivity contribution < 1.29 is 0 Å². The summed E-state index contributed by atoms with van der Waals surface area (Å²) in [4.78, 5) is 4.09. The second kappa shape index (κ2) is 3.72. The van der Waals surface area contributed by atoms with Gasteiger partial charge in [0.05, 0.1) is 5.69 Å². The summed E-state index contributed by atoms with van der Waals surface area (Å²) in [5.74, 6) is 0. The zero-order valence-corrected chi connectivity index (χ0v) is 8.22. The predicted octanol–water partition coefficient (Wildman–Crippen LogP) is 2.66. The average Bonchev–Trinajstić information content (AvgIpc) is 1.93. The topological polar surface area (TPSA) is 24.9 Å². The van der Waals surface area contributed by atoms with Crippen LogP contribution in [0.25, 0.3) is 0 Å². The third-order valence-electron chi connectivity index (χ3n) is 1.20. The van der Waals surface area contributed by atoms with Crippen LogP contribution in [0.2, 0.25) is 0 Å². The molecule has 0 atom stereocenters. The Labute approximate surface area is 75.2 Å². The summed E-state index contributed by atoms with van der Waals surface area (Å²) in [6, 6.07) is 4.35. The van der Waals surface area contributed by atoms with Crippen LogP contribution in [0.5, 0.6) is 0 Å². The molecule has 0 aliphatic carbocycles. The highest BCUT2D eigenvalue weighted by Crippen LogP contribution is 2.18. The van der Waals surface area contributed by atoms with Crippen LogP contribution in [-0.4, -0.2) is 11.0 Å². The van der Waals surface area contributed by atoms with E-state index in [-0.39, 0.29) is 0 Å². The maximum Gasteiger partial charge on any atom is 0.129 e. The minimum atomic E-state index is 0.440. The van der Waals surface area contributed by atoms with Crippen LogP contribution in [0.15, 0.2) is 22.9 Å². The summed E-state index contributed by atoms with van der Waals surface area (Å²) in [7, 11) is 0. The van der Waals surface area contributed by atoms with Crippen LogP contribution in [0.3, 0.4) is 0 Å². The molecule has 0 radical (unpaired) electrons. The molecule has 60 valence electrons.